The molecule has 5 nitrogen and oxygen atoms in total. The van der Waals surface area contributed by atoms with Gasteiger partial charge in [-0.05, 0) is 49.6 Å². The summed E-state index contributed by atoms with van der Waals surface area (Å²) in [6.45, 7) is 2.04. The normalized spacial score (nSPS) is 13.4. The number of aliphatic hydroxyl groups is 1. The van der Waals surface area contributed by atoms with Crippen molar-refractivity contribution in [2.24, 2.45) is 5.73 Å². The number of benzene rings is 1. The van der Waals surface area contributed by atoms with Gasteiger partial charge in [0.1, 0.15) is 0 Å². The zero-order chi connectivity index (χ0) is 18.8. The van der Waals surface area contributed by atoms with Crippen LogP contribution in [0.4, 0.5) is 0 Å². The molecule has 0 saturated carbocycles. The average Bonchev–Trinajstić information content (AvgIpc) is 2.65. The number of nitrogens with two attached hydrogens (primary N) is 1. The third-order valence-corrected chi connectivity index (χ3v) is 4.85. The van der Waals surface area contributed by atoms with Crippen LogP contribution < -0.4 is 11.1 Å². The molecule has 2 rings (SSSR count). The maximum atomic E-state index is 11.8. The van der Waals surface area contributed by atoms with Crippen LogP contribution in [0.1, 0.15) is 25.3 Å². The fourth-order valence-electron chi connectivity index (χ4n) is 2.48. The molecule has 0 saturated heterocycles. The Bertz CT molecular complexity index is 789. The summed E-state index contributed by atoms with van der Waals surface area (Å²) in [5, 5.41) is 13.7. The van der Waals surface area contributed by atoms with Crippen LogP contribution in [0.25, 0.3) is 17.0 Å². The number of aromatic nitrogens is 1. The second-order valence-electron chi connectivity index (χ2n) is 5.85. The fraction of sp³-hybridized carbons (Fsp3) is 0.300. The molecular formula is C20H25N3O2S. The molecule has 1 aromatic carbocycles. The molecule has 1 heterocycles. The molecule has 1 atom stereocenters. The van der Waals surface area contributed by atoms with Crippen LogP contribution in [0.3, 0.4) is 0 Å². The van der Waals surface area contributed by atoms with Gasteiger partial charge in [-0.2, -0.15) is 0 Å². The second kappa shape index (κ2) is 10.8. The van der Waals surface area contributed by atoms with Crippen molar-refractivity contribution in [2.75, 3.05) is 12.5 Å². The molecule has 0 aliphatic heterocycles. The average molecular weight is 372 g/mol. The van der Waals surface area contributed by atoms with E-state index in [0.29, 0.717) is 10.8 Å². The number of hydrogen-bond acceptors (Lipinski definition) is 5. The summed E-state index contributed by atoms with van der Waals surface area (Å²) >= 11 is 1.34. The molecule has 0 radical (unpaired) electrons. The van der Waals surface area contributed by atoms with Crippen molar-refractivity contribution in [1.82, 2.24) is 10.3 Å². The summed E-state index contributed by atoms with van der Waals surface area (Å²) < 4.78 is 0. The Morgan fingerprint density at radius 1 is 1.42 bits per heavy atom. The number of nitrogens with one attached hydrogen (secondary N) is 1. The molecule has 0 bridgehead atoms. The van der Waals surface area contributed by atoms with Crippen molar-refractivity contribution in [3.8, 4) is 0 Å². The van der Waals surface area contributed by atoms with Gasteiger partial charge in [-0.25, -0.2) is 0 Å². The number of nitrogens with zero attached hydrogens (tertiary/aromatic N) is 1. The first-order chi connectivity index (χ1) is 12.6. The van der Waals surface area contributed by atoms with Gasteiger partial charge in [-0.3, -0.25) is 9.78 Å². The molecule has 0 spiro atoms. The van der Waals surface area contributed by atoms with Gasteiger partial charge >= 0.3 is 0 Å². The Morgan fingerprint density at radius 3 is 3.00 bits per heavy atom. The molecule has 4 N–H and O–H groups in total. The van der Waals surface area contributed by atoms with E-state index in [9.17, 15) is 9.90 Å². The Labute approximate surface area is 158 Å². The van der Waals surface area contributed by atoms with E-state index in [0.717, 1.165) is 29.3 Å². The smallest absolute Gasteiger partial charge is 0.255 e. The van der Waals surface area contributed by atoms with Crippen molar-refractivity contribution in [3.63, 3.8) is 0 Å². The third kappa shape index (κ3) is 6.29. The number of rotatable bonds is 10. The summed E-state index contributed by atoms with van der Waals surface area (Å²) in [6.07, 6.45) is 9.35. The summed E-state index contributed by atoms with van der Waals surface area (Å²) in [7, 11) is 0. The minimum Gasteiger partial charge on any atom is -0.395 e. The summed E-state index contributed by atoms with van der Waals surface area (Å²) in [4.78, 5) is 16.5. The van der Waals surface area contributed by atoms with Gasteiger partial charge in [-0.15, -0.1) is 11.8 Å². The molecule has 1 aromatic heterocycles. The van der Waals surface area contributed by atoms with Crippen LogP contribution in [0.15, 0.2) is 53.6 Å². The van der Waals surface area contributed by atoms with Gasteiger partial charge in [0.25, 0.3) is 5.91 Å². The van der Waals surface area contributed by atoms with Gasteiger partial charge in [0, 0.05) is 23.5 Å². The molecular weight excluding hydrogens is 346 g/mol. The maximum Gasteiger partial charge on any atom is 0.255 e. The van der Waals surface area contributed by atoms with E-state index in [2.05, 4.69) is 16.4 Å². The Morgan fingerprint density at radius 2 is 2.27 bits per heavy atom. The number of thioether (sulfide) groups is 1. The zero-order valence-electron chi connectivity index (χ0n) is 14.9. The number of aliphatic hydroxyl groups excluding tert-OH is 1. The van der Waals surface area contributed by atoms with Crippen molar-refractivity contribution in [1.29, 1.82) is 0 Å². The number of carbonyl (C=O) groups is 1. The minimum atomic E-state index is -0.461. The van der Waals surface area contributed by atoms with E-state index < -0.39 is 5.91 Å². The van der Waals surface area contributed by atoms with E-state index in [1.807, 2.05) is 43.3 Å². The minimum absolute atomic E-state index is 0.000398. The van der Waals surface area contributed by atoms with Crippen molar-refractivity contribution >= 4 is 34.6 Å². The van der Waals surface area contributed by atoms with E-state index >= 15 is 0 Å². The largest absolute Gasteiger partial charge is 0.395 e. The van der Waals surface area contributed by atoms with Crippen molar-refractivity contribution < 1.29 is 9.90 Å². The predicted molar refractivity (Wildman–Crippen MR) is 109 cm³/mol. The molecule has 6 heteroatoms. The number of allylic oxidation sites excluding steroid dienone is 2. The van der Waals surface area contributed by atoms with E-state index in [1.165, 1.54) is 11.8 Å². The molecule has 138 valence electrons. The quantitative estimate of drug-likeness (QED) is 0.339. The number of hydrogen-bond donors (Lipinski definition) is 3. The maximum absolute atomic E-state index is 11.8. The number of fused-ring (bicyclic) bond motifs is 1. The van der Waals surface area contributed by atoms with E-state index in [1.54, 1.807) is 12.3 Å². The van der Waals surface area contributed by atoms with Crippen LogP contribution in [0.5, 0.6) is 0 Å². The van der Waals surface area contributed by atoms with Crippen LogP contribution in [0, 0.1) is 0 Å². The lowest BCUT2D eigenvalue weighted by molar-refractivity contribution is -0.113. The molecule has 0 aliphatic carbocycles. The first-order valence-corrected chi connectivity index (χ1v) is 9.57. The first-order valence-electron chi connectivity index (χ1n) is 8.58. The van der Waals surface area contributed by atoms with Crippen molar-refractivity contribution in [3.05, 3.63) is 59.1 Å². The number of pyridine rings is 1. The predicted octanol–water partition coefficient (Wildman–Crippen LogP) is 3.06. The van der Waals surface area contributed by atoms with Gasteiger partial charge in [0.05, 0.1) is 17.0 Å². The lowest BCUT2D eigenvalue weighted by Crippen LogP contribution is -2.32. The Kier molecular flexibility index (Phi) is 8.34. The lowest BCUT2D eigenvalue weighted by atomic mass is 10.1. The molecule has 26 heavy (non-hydrogen) atoms. The topological polar surface area (TPSA) is 88.2 Å². The van der Waals surface area contributed by atoms with Crippen LogP contribution in [-0.2, 0) is 4.79 Å². The van der Waals surface area contributed by atoms with E-state index in [4.69, 9.17) is 5.73 Å². The SMILES string of the molecule is C/C=C\CC[C@H](CO)NCS/C(=C\c1ccc2ncccc2c1)C(N)=O. The summed E-state index contributed by atoms with van der Waals surface area (Å²) in [5.41, 5.74) is 7.33. The highest BCUT2D eigenvalue weighted by Gasteiger charge is 2.09. The molecule has 0 fully saturated rings. The lowest BCUT2D eigenvalue weighted by Gasteiger charge is -2.15. The van der Waals surface area contributed by atoms with Crippen LogP contribution in [0.2, 0.25) is 0 Å². The van der Waals surface area contributed by atoms with Gasteiger partial charge in [-0.1, -0.05) is 24.3 Å². The van der Waals surface area contributed by atoms with Crippen molar-refractivity contribution in [2.45, 2.75) is 25.8 Å². The third-order valence-electron chi connectivity index (χ3n) is 3.91. The number of carbonyl (C=O) groups excluding carboxylic acids is 1. The van der Waals surface area contributed by atoms with Gasteiger partial charge < -0.3 is 16.2 Å². The molecule has 0 aliphatic rings. The second-order valence-corrected chi connectivity index (χ2v) is 6.86. The highest BCUT2D eigenvalue weighted by molar-refractivity contribution is 8.04. The molecule has 1 amide bonds. The Hall–Kier alpha value is -2.15. The highest BCUT2D eigenvalue weighted by atomic mass is 32.2. The van der Waals surface area contributed by atoms with Crippen LogP contribution >= 0.6 is 11.8 Å². The molecule has 0 unspecified atom stereocenters. The number of primary amides is 1. The number of amides is 1. The summed E-state index contributed by atoms with van der Waals surface area (Å²) in [6, 6.07) is 9.68. The van der Waals surface area contributed by atoms with Crippen LogP contribution in [-0.4, -0.2) is 34.5 Å². The van der Waals surface area contributed by atoms with Gasteiger partial charge in [0.2, 0.25) is 0 Å². The highest BCUT2D eigenvalue weighted by Crippen LogP contribution is 2.21. The Balaban J connectivity index is 2.00. The summed E-state index contributed by atoms with van der Waals surface area (Å²) in [5.74, 6) is 0.0443. The zero-order valence-corrected chi connectivity index (χ0v) is 15.7. The van der Waals surface area contributed by atoms with E-state index in [-0.39, 0.29) is 12.6 Å². The standard InChI is InChI=1S/C20H25N3O2S/c1-2-3-4-7-17(13-24)23-14-26-19(20(21)25)12-15-8-9-18-16(11-15)6-5-10-22-18/h2-3,5-6,8-12,17,23-24H,4,7,13-14H2,1H3,(H2,21,25)/b3-2-,19-12-/t17-/m1/s1. The monoisotopic (exact) mass is 371 g/mol. The first kappa shape index (κ1) is 20.2. The molecule has 2 aromatic rings. The fourth-order valence-corrected chi connectivity index (χ4v) is 3.31. The van der Waals surface area contributed by atoms with Gasteiger partial charge in [0.15, 0.2) is 0 Å².